The van der Waals surface area contributed by atoms with E-state index in [1.165, 1.54) is 32.9 Å². The zero-order chi connectivity index (χ0) is 32.2. The summed E-state index contributed by atoms with van der Waals surface area (Å²) >= 11 is 0. The molecule has 0 saturated carbocycles. The number of rotatable bonds is 5. The second kappa shape index (κ2) is 11.0. The first-order chi connectivity index (χ1) is 23.6. The van der Waals surface area contributed by atoms with Crippen molar-refractivity contribution in [3.05, 3.63) is 169 Å². The molecule has 0 unspecified atom stereocenters. The van der Waals surface area contributed by atoms with Crippen molar-refractivity contribution in [1.82, 2.24) is 14.5 Å². The van der Waals surface area contributed by atoms with Crippen LogP contribution < -0.4 is 9.64 Å². The minimum absolute atomic E-state index is 0.337. The van der Waals surface area contributed by atoms with Gasteiger partial charge in [0.1, 0.15) is 17.3 Å². The molecule has 0 N–H and O–H groups in total. The lowest BCUT2D eigenvalue weighted by Gasteiger charge is -2.41. The van der Waals surface area contributed by atoms with Crippen LogP contribution in [0.2, 0.25) is 0 Å². The van der Waals surface area contributed by atoms with Gasteiger partial charge in [-0.3, -0.25) is 9.88 Å². The van der Waals surface area contributed by atoms with Gasteiger partial charge in [0.25, 0.3) is 0 Å². The molecule has 0 radical (unpaired) electrons. The Balaban J connectivity index is 1.24. The molecule has 0 spiro atoms. The van der Waals surface area contributed by atoms with Crippen LogP contribution >= 0.6 is 0 Å². The highest BCUT2D eigenvalue weighted by molar-refractivity contribution is 6.13. The summed E-state index contributed by atoms with van der Waals surface area (Å²) in [4.78, 5) is 11.8. The summed E-state index contributed by atoms with van der Waals surface area (Å²) in [6, 6.07) is 50.5. The van der Waals surface area contributed by atoms with E-state index in [-0.39, 0.29) is 5.41 Å². The number of hydrogen-bond acceptors (Lipinski definition) is 4. The molecule has 5 nitrogen and oxygen atoms in total. The summed E-state index contributed by atoms with van der Waals surface area (Å²) in [6.45, 7) is 4.65. The molecule has 230 valence electrons. The van der Waals surface area contributed by atoms with Gasteiger partial charge < -0.3 is 9.30 Å². The Morgan fingerprint density at radius 3 is 2.19 bits per heavy atom. The van der Waals surface area contributed by atoms with Gasteiger partial charge in [-0.25, -0.2) is 4.98 Å². The van der Waals surface area contributed by atoms with Gasteiger partial charge in [-0.2, -0.15) is 0 Å². The number of aromatic nitrogens is 3. The predicted molar refractivity (Wildman–Crippen MR) is 195 cm³/mol. The van der Waals surface area contributed by atoms with E-state index < -0.39 is 0 Å². The van der Waals surface area contributed by atoms with E-state index >= 15 is 0 Å². The molecular formula is C43H32N4O. The summed E-state index contributed by atoms with van der Waals surface area (Å²) in [7, 11) is 0. The Labute approximate surface area is 279 Å². The molecule has 4 heterocycles. The largest absolute Gasteiger partial charge is 0.457 e. The molecule has 0 amide bonds. The smallest absolute Gasteiger partial charge is 0.141 e. The molecule has 0 bridgehead atoms. The van der Waals surface area contributed by atoms with Crippen LogP contribution in [0.5, 0.6) is 11.5 Å². The summed E-state index contributed by atoms with van der Waals surface area (Å²) in [5.74, 6) is 2.42. The second-order valence-corrected chi connectivity index (χ2v) is 12.7. The van der Waals surface area contributed by atoms with Gasteiger partial charge in [-0.15, -0.1) is 0 Å². The Hall–Kier alpha value is -6.20. The number of para-hydroxylation sites is 2. The number of pyridine rings is 2. The highest BCUT2D eigenvalue weighted by Gasteiger charge is 2.40. The maximum Gasteiger partial charge on any atom is 0.141 e. The quantitative estimate of drug-likeness (QED) is 0.192. The van der Waals surface area contributed by atoms with E-state index in [0.29, 0.717) is 0 Å². The normalized spacial score (nSPS) is 13.3. The summed E-state index contributed by atoms with van der Waals surface area (Å²) in [5, 5.41) is 2.47. The van der Waals surface area contributed by atoms with E-state index in [1.54, 1.807) is 0 Å². The lowest BCUT2D eigenvalue weighted by Crippen LogP contribution is -2.32. The molecule has 0 aliphatic carbocycles. The van der Waals surface area contributed by atoms with Crippen LogP contribution in [0.1, 0.15) is 25.0 Å². The van der Waals surface area contributed by atoms with Crippen LogP contribution in [-0.4, -0.2) is 14.5 Å². The molecule has 8 aromatic rings. The monoisotopic (exact) mass is 620 g/mol. The van der Waals surface area contributed by atoms with E-state index in [1.807, 2.05) is 60.9 Å². The molecule has 0 saturated heterocycles. The first-order valence-corrected chi connectivity index (χ1v) is 16.2. The summed E-state index contributed by atoms with van der Waals surface area (Å²) < 4.78 is 8.93. The number of benzene rings is 5. The number of ether oxygens (including phenoxy) is 1. The Bertz CT molecular complexity index is 2470. The first-order valence-electron chi connectivity index (χ1n) is 16.2. The third kappa shape index (κ3) is 4.39. The third-order valence-electron chi connectivity index (χ3n) is 9.47. The average molecular weight is 621 g/mol. The highest BCUT2D eigenvalue weighted by Crippen LogP contribution is 2.54. The molecule has 48 heavy (non-hydrogen) atoms. The first kappa shape index (κ1) is 28.1. The highest BCUT2D eigenvalue weighted by atomic mass is 16.5. The molecule has 5 aromatic carbocycles. The summed E-state index contributed by atoms with van der Waals surface area (Å²) in [6.07, 6.45) is 3.69. The van der Waals surface area contributed by atoms with Gasteiger partial charge >= 0.3 is 0 Å². The fourth-order valence-electron chi connectivity index (χ4n) is 7.34. The van der Waals surface area contributed by atoms with Gasteiger partial charge in [-0.1, -0.05) is 86.6 Å². The van der Waals surface area contributed by atoms with Crippen LogP contribution in [0.3, 0.4) is 0 Å². The van der Waals surface area contributed by atoms with E-state index in [0.717, 1.165) is 45.6 Å². The molecule has 0 atom stereocenters. The minimum Gasteiger partial charge on any atom is -0.457 e. The molecule has 9 rings (SSSR count). The SMILES string of the molecule is CC1(C)c2cccnc2N(c2cccc(Oc3cccc(-c4ccccn4)c3)c2)c2ccc3c4ccccc4n(-c4ccccc4)c3c21. The van der Waals surface area contributed by atoms with Crippen LogP contribution in [0.15, 0.2) is 158 Å². The maximum absolute atomic E-state index is 6.50. The van der Waals surface area contributed by atoms with Crippen molar-refractivity contribution in [3.63, 3.8) is 0 Å². The molecule has 0 fully saturated rings. The molecule has 1 aliphatic rings. The van der Waals surface area contributed by atoms with Gasteiger partial charge in [-0.05, 0) is 66.7 Å². The number of anilines is 3. The van der Waals surface area contributed by atoms with Crippen molar-refractivity contribution in [3.8, 4) is 28.4 Å². The Morgan fingerprint density at radius 1 is 0.583 bits per heavy atom. The van der Waals surface area contributed by atoms with Crippen molar-refractivity contribution in [1.29, 1.82) is 0 Å². The Morgan fingerprint density at radius 2 is 1.33 bits per heavy atom. The molecule has 1 aliphatic heterocycles. The van der Waals surface area contributed by atoms with Crippen LogP contribution in [0, 0.1) is 0 Å². The van der Waals surface area contributed by atoms with Gasteiger partial charge in [0.15, 0.2) is 0 Å². The fourth-order valence-corrected chi connectivity index (χ4v) is 7.34. The van der Waals surface area contributed by atoms with Gasteiger partial charge in [0.2, 0.25) is 0 Å². The predicted octanol–water partition coefficient (Wildman–Crippen LogP) is 11.1. The topological polar surface area (TPSA) is 43.2 Å². The summed E-state index contributed by atoms with van der Waals surface area (Å²) in [5.41, 5.74) is 9.63. The van der Waals surface area contributed by atoms with Gasteiger partial charge in [0.05, 0.1) is 28.1 Å². The number of hydrogen-bond donors (Lipinski definition) is 0. The maximum atomic E-state index is 6.50. The van der Waals surface area contributed by atoms with Crippen LogP contribution in [-0.2, 0) is 5.41 Å². The lowest BCUT2D eigenvalue weighted by molar-refractivity contribution is 0.483. The molecule has 5 heteroatoms. The zero-order valence-electron chi connectivity index (χ0n) is 26.7. The number of nitrogens with zero attached hydrogens (tertiary/aromatic N) is 4. The van der Waals surface area contributed by atoms with Crippen molar-refractivity contribution < 1.29 is 4.74 Å². The van der Waals surface area contributed by atoms with Crippen molar-refractivity contribution in [2.24, 2.45) is 0 Å². The van der Waals surface area contributed by atoms with E-state index in [2.05, 4.69) is 125 Å². The average Bonchev–Trinajstić information content (AvgIpc) is 3.47. The standard InChI is InChI=1S/C43H32N4O/c1-43(2)36-20-12-26-45-42(36)47(31-16-11-18-33(28-31)48-32-17-10-13-29(27-32)37-21-8-9-25-44-37)39-24-23-35-34-19-6-7-22-38(34)46(41(35)40(39)43)30-14-4-3-5-15-30/h3-28H,1-2H3. The Kier molecular flexibility index (Phi) is 6.40. The van der Waals surface area contributed by atoms with Crippen molar-refractivity contribution in [2.75, 3.05) is 4.90 Å². The van der Waals surface area contributed by atoms with Crippen LogP contribution in [0.4, 0.5) is 17.2 Å². The van der Waals surface area contributed by atoms with E-state index in [9.17, 15) is 0 Å². The molecule has 3 aromatic heterocycles. The third-order valence-corrected chi connectivity index (χ3v) is 9.47. The number of fused-ring (bicyclic) bond motifs is 6. The minimum atomic E-state index is -0.337. The van der Waals surface area contributed by atoms with E-state index in [4.69, 9.17) is 9.72 Å². The second-order valence-electron chi connectivity index (χ2n) is 12.7. The molecular weight excluding hydrogens is 589 g/mol. The lowest BCUT2D eigenvalue weighted by atomic mass is 9.73. The van der Waals surface area contributed by atoms with Crippen molar-refractivity contribution in [2.45, 2.75) is 19.3 Å². The van der Waals surface area contributed by atoms with Gasteiger partial charge in [0, 0.05) is 57.0 Å². The fraction of sp³-hybridized carbons (Fsp3) is 0.0698. The van der Waals surface area contributed by atoms with Crippen molar-refractivity contribution >= 4 is 39.0 Å². The zero-order valence-corrected chi connectivity index (χ0v) is 26.7. The van der Waals surface area contributed by atoms with Crippen LogP contribution in [0.25, 0.3) is 38.8 Å².